The molecule has 11 nitrogen and oxygen atoms in total. The third kappa shape index (κ3) is 12.5. The molecule has 0 aromatic heterocycles. The summed E-state index contributed by atoms with van der Waals surface area (Å²) in [4.78, 5) is 71.2. The number of ketones is 1. The zero-order valence-corrected chi connectivity index (χ0v) is 20.5. The summed E-state index contributed by atoms with van der Waals surface area (Å²) in [6.45, 7) is 3.91. The van der Waals surface area contributed by atoms with Gasteiger partial charge in [0.1, 0.15) is 12.1 Å². The van der Waals surface area contributed by atoms with Crippen LogP contribution in [0.4, 0.5) is 0 Å². The van der Waals surface area contributed by atoms with Crippen LogP contribution in [0.15, 0.2) is 23.8 Å². The minimum Gasteiger partial charge on any atom is -0.481 e. The average molecular weight is 493 g/mol. The molecule has 35 heavy (non-hydrogen) atoms. The Morgan fingerprint density at radius 2 is 1.66 bits per heavy atom. The first-order chi connectivity index (χ1) is 16.5. The van der Waals surface area contributed by atoms with Crippen molar-refractivity contribution in [3.63, 3.8) is 0 Å². The van der Waals surface area contributed by atoms with Gasteiger partial charge in [0.25, 0.3) is 0 Å². The number of amides is 4. The van der Waals surface area contributed by atoms with Crippen LogP contribution in [0.1, 0.15) is 59.3 Å². The Bertz CT molecular complexity index is 848. The summed E-state index contributed by atoms with van der Waals surface area (Å²) in [5.74, 6) is -4.33. The molecule has 1 aliphatic carbocycles. The number of Topliss-reactive ketones (excluding diaryl/α,β-unsaturated/α-hetero) is 1. The fourth-order valence-electron chi connectivity index (χ4n) is 3.41. The number of aliphatic carboxylic acids is 1. The van der Waals surface area contributed by atoms with Crippen LogP contribution in [0.2, 0.25) is 0 Å². The lowest BCUT2D eigenvalue weighted by Crippen LogP contribution is -2.54. The molecule has 1 rings (SSSR count). The maximum Gasteiger partial charge on any atom is 0.305 e. The van der Waals surface area contributed by atoms with E-state index in [9.17, 15) is 28.8 Å². The van der Waals surface area contributed by atoms with Gasteiger partial charge in [-0.05, 0) is 31.6 Å². The number of carboxylic acid groups (broad SMARTS) is 1. The van der Waals surface area contributed by atoms with Crippen molar-refractivity contribution >= 4 is 35.4 Å². The van der Waals surface area contributed by atoms with Crippen LogP contribution >= 0.6 is 0 Å². The predicted octanol–water partition coefficient (Wildman–Crippen LogP) is 0.355. The third-order valence-corrected chi connectivity index (χ3v) is 5.21. The Kier molecular flexibility index (Phi) is 13.0. The second-order valence-corrected chi connectivity index (χ2v) is 8.73. The normalized spacial score (nSPS) is 14.3. The van der Waals surface area contributed by atoms with E-state index in [0.29, 0.717) is 12.8 Å². The largest absolute Gasteiger partial charge is 0.481 e. The highest BCUT2D eigenvalue weighted by molar-refractivity contribution is 5.94. The zero-order chi connectivity index (χ0) is 26.4. The summed E-state index contributed by atoms with van der Waals surface area (Å²) in [6, 6.07) is -2.27. The van der Waals surface area contributed by atoms with E-state index in [1.807, 2.05) is 0 Å². The van der Waals surface area contributed by atoms with Gasteiger partial charge in [-0.15, -0.1) is 0 Å². The van der Waals surface area contributed by atoms with Gasteiger partial charge in [-0.3, -0.25) is 28.8 Å². The van der Waals surface area contributed by atoms with Gasteiger partial charge in [-0.2, -0.15) is 0 Å². The maximum absolute atomic E-state index is 12.5. The van der Waals surface area contributed by atoms with Gasteiger partial charge in [0, 0.05) is 13.3 Å². The molecule has 0 saturated carbocycles. The van der Waals surface area contributed by atoms with Crippen LogP contribution in [0, 0.1) is 5.92 Å². The van der Waals surface area contributed by atoms with E-state index in [0.717, 1.165) is 26.2 Å². The Labute approximate surface area is 205 Å². The number of rotatable bonds is 15. The van der Waals surface area contributed by atoms with Crippen molar-refractivity contribution in [2.75, 3.05) is 13.1 Å². The van der Waals surface area contributed by atoms with E-state index in [2.05, 4.69) is 39.5 Å². The summed E-state index contributed by atoms with van der Waals surface area (Å²) in [5, 5.41) is 18.4. The summed E-state index contributed by atoms with van der Waals surface area (Å²) in [5.41, 5.74) is 1.22. The number of allylic oxidation sites excluding steroid dienone is 4. The molecular formula is C24H36N4O7. The molecule has 1 aliphatic rings. The van der Waals surface area contributed by atoms with Crippen LogP contribution in [0.3, 0.4) is 0 Å². The fraction of sp³-hybridized carbons (Fsp3) is 0.583. The lowest BCUT2D eigenvalue weighted by molar-refractivity contribution is -0.140. The second kappa shape index (κ2) is 15.4. The number of carbonyl (C=O) groups is 6. The van der Waals surface area contributed by atoms with Crippen LogP contribution in [-0.4, -0.2) is 65.7 Å². The standard InChI is InChI=1S/C24H36N4O7/c1-15(2)22(24(35)25-13-18(30)11-7-10-17-8-5-4-6-9-17)28-20(31)14-26-23(34)19(12-21(32)33)27-16(3)29/h5,8-9,15,19,22H,4,6-7,10-14H2,1-3H3,(H,25,35)(H,26,34)(H,27,29)(H,28,31)(H,32,33)/t19-,22?/m0/s1. The van der Waals surface area contributed by atoms with Crippen molar-refractivity contribution in [2.45, 2.75) is 71.4 Å². The van der Waals surface area contributed by atoms with E-state index >= 15 is 0 Å². The molecule has 0 fully saturated rings. The first-order valence-electron chi connectivity index (χ1n) is 11.7. The van der Waals surface area contributed by atoms with Crippen LogP contribution in [0.5, 0.6) is 0 Å². The van der Waals surface area contributed by atoms with Gasteiger partial charge < -0.3 is 26.4 Å². The molecule has 0 bridgehead atoms. The molecule has 5 N–H and O–H groups in total. The van der Waals surface area contributed by atoms with Gasteiger partial charge >= 0.3 is 5.97 Å². The molecule has 0 aromatic carbocycles. The summed E-state index contributed by atoms with van der Waals surface area (Å²) >= 11 is 0. The number of hydrogen-bond donors (Lipinski definition) is 5. The quantitative estimate of drug-likeness (QED) is 0.220. The van der Waals surface area contributed by atoms with E-state index < -0.39 is 54.6 Å². The van der Waals surface area contributed by atoms with Crippen molar-refractivity contribution in [3.8, 4) is 0 Å². The minimum absolute atomic E-state index is 0.109. The lowest BCUT2D eigenvalue weighted by atomic mass is 10.0. The Morgan fingerprint density at radius 1 is 0.971 bits per heavy atom. The summed E-state index contributed by atoms with van der Waals surface area (Å²) in [6.07, 6.45) is 9.58. The first-order valence-corrected chi connectivity index (χ1v) is 11.7. The highest BCUT2D eigenvalue weighted by atomic mass is 16.4. The van der Waals surface area contributed by atoms with Crippen LogP contribution in [0.25, 0.3) is 0 Å². The van der Waals surface area contributed by atoms with Crippen molar-refractivity contribution in [1.82, 2.24) is 21.3 Å². The minimum atomic E-state index is -1.33. The lowest BCUT2D eigenvalue weighted by Gasteiger charge is -2.22. The summed E-state index contributed by atoms with van der Waals surface area (Å²) < 4.78 is 0. The Hall–Kier alpha value is -3.50. The molecule has 0 saturated heterocycles. The molecule has 1 unspecified atom stereocenters. The van der Waals surface area contributed by atoms with Gasteiger partial charge in [-0.25, -0.2) is 0 Å². The van der Waals surface area contributed by atoms with E-state index in [-0.39, 0.29) is 18.2 Å². The molecule has 11 heteroatoms. The molecular weight excluding hydrogens is 456 g/mol. The van der Waals surface area contributed by atoms with Crippen LogP contribution < -0.4 is 21.3 Å². The SMILES string of the molecule is CC(=O)N[C@@H](CC(=O)O)C(=O)NCC(=O)NC(C(=O)NCC(=O)CCCC1=CCCC=C1)C(C)C. The molecule has 0 spiro atoms. The van der Waals surface area contributed by atoms with E-state index in [1.165, 1.54) is 5.57 Å². The number of carbonyl (C=O) groups excluding carboxylic acids is 5. The molecule has 4 amide bonds. The molecule has 2 atom stereocenters. The zero-order valence-electron chi connectivity index (χ0n) is 20.5. The average Bonchev–Trinajstić information content (AvgIpc) is 2.78. The Morgan fingerprint density at radius 3 is 2.23 bits per heavy atom. The van der Waals surface area contributed by atoms with Gasteiger partial charge in [0.2, 0.25) is 23.6 Å². The molecule has 0 radical (unpaired) electrons. The molecule has 0 aromatic rings. The smallest absolute Gasteiger partial charge is 0.305 e. The highest BCUT2D eigenvalue weighted by Gasteiger charge is 2.26. The number of hydrogen-bond acceptors (Lipinski definition) is 6. The number of carboxylic acids is 1. The van der Waals surface area contributed by atoms with Crippen molar-refractivity contribution in [2.24, 2.45) is 5.92 Å². The topological polar surface area (TPSA) is 171 Å². The third-order valence-electron chi connectivity index (χ3n) is 5.21. The summed E-state index contributed by atoms with van der Waals surface area (Å²) in [7, 11) is 0. The van der Waals surface area contributed by atoms with Crippen LogP contribution in [-0.2, 0) is 28.8 Å². The van der Waals surface area contributed by atoms with Crippen molar-refractivity contribution in [1.29, 1.82) is 0 Å². The second-order valence-electron chi connectivity index (χ2n) is 8.73. The van der Waals surface area contributed by atoms with E-state index in [1.54, 1.807) is 13.8 Å². The van der Waals surface area contributed by atoms with Crippen molar-refractivity contribution in [3.05, 3.63) is 23.8 Å². The highest BCUT2D eigenvalue weighted by Crippen LogP contribution is 2.15. The predicted molar refractivity (Wildman–Crippen MR) is 128 cm³/mol. The van der Waals surface area contributed by atoms with Crippen molar-refractivity contribution < 1.29 is 33.9 Å². The molecule has 0 heterocycles. The van der Waals surface area contributed by atoms with Gasteiger partial charge in [0.05, 0.1) is 19.5 Å². The Balaban J connectivity index is 2.47. The van der Waals surface area contributed by atoms with Gasteiger partial charge in [-0.1, -0.05) is 37.6 Å². The maximum atomic E-state index is 12.5. The first kappa shape index (κ1) is 29.5. The number of nitrogens with one attached hydrogen (secondary N) is 4. The van der Waals surface area contributed by atoms with Gasteiger partial charge in [0.15, 0.2) is 5.78 Å². The molecule has 0 aliphatic heterocycles. The molecule has 194 valence electrons. The monoisotopic (exact) mass is 492 g/mol. The fourth-order valence-corrected chi connectivity index (χ4v) is 3.41. The van der Waals surface area contributed by atoms with E-state index in [4.69, 9.17) is 5.11 Å².